The summed E-state index contributed by atoms with van der Waals surface area (Å²) in [6.45, 7) is 6.02. The Bertz CT molecular complexity index is 734. The topological polar surface area (TPSA) is 55.4 Å². The molecule has 200 valence electrons. The summed E-state index contributed by atoms with van der Waals surface area (Å²) >= 11 is 0. The molecule has 7 heteroatoms. The Hall–Kier alpha value is -2.05. The number of carbonyl (C=O) groups is 2. The number of hydrogen-bond donors (Lipinski definition) is 1. The first-order valence-corrected chi connectivity index (χ1v) is 13.3. The molecule has 1 aromatic carbocycles. The number of benzene rings is 1. The van der Waals surface area contributed by atoms with E-state index in [2.05, 4.69) is 12.2 Å². The van der Waals surface area contributed by atoms with Crippen LogP contribution in [0.3, 0.4) is 0 Å². The van der Waals surface area contributed by atoms with Gasteiger partial charge in [0.05, 0.1) is 12.2 Å². The Balaban J connectivity index is 2.24. The van der Waals surface area contributed by atoms with E-state index in [1.807, 2.05) is 0 Å². The molecule has 0 aliphatic carbocycles. The van der Waals surface area contributed by atoms with Crippen molar-refractivity contribution >= 4 is 11.9 Å². The number of amides is 1. The van der Waals surface area contributed by atoms with Gasteiger partial charge in [-0.1, -0.05) is 104 Å². The molecule has 0 aliphatic heterocycles. The molecule has 0 fully saturated rings. The summed E-state index contributed by atoms with van der Waals surface area (Å²) < 4.78 is 44.1. The quantitative estimate of drug-likeness (QED) is 0.164. The van der Waals surface area contributed by atoms with Crippen molar-refractivity contribution in [1.82, 2.24) is 5.32 Å². The summed E-state index contributed by atoms with van der Waals surface area (Å²) in [5, 5.41) is 2.53. The number of alkyl halides is 3. The zero-order chi connectivity index (χ0) is 26.1. The van der Waals surface area contributed by atoms with E-state index < -0.39 is 29.7 Å². The molecule has 1 atom stereocenters. The van der Waals surface area contributed by atoms with Crippen LogP contribution in [-0.4, -0.2) is 24.5 Å². The third-order valence-electron chi connectivity index (χ3n) is 6.15. The Morgan fingerprint density at radius 3 is 1.86 bits per heavy atom. The molecule has 1 rings (SSSR count). The van der Waals surface area contributed by atoms with Gasteiger partial charge < -0.3 is 10.1 Å². The molecule has 0 aliphatic rings. The van der Waals surface area contributed by atoms with Crippen molar-refractivity contribution in [3.8, 4) is 0 Å². The van der Waals surface area contributed by atoms with Crippen molar-refractivity contribution in [2.24, 2.45) is 5.92 Å². The van der Waals surface area contributed by atoms with Gasteiger partial charge in [-0.25, -0.2) is 4.79 Å². The molecular weight excluding hydrogens is 455 g/mol. The molecule has 0 heterocycles. The lowest BCUT2D eigenvalue weighted by molar-refractivity contribution is -0.147. The maximum absolute atomic E-state index is 12.9. The van der Waals surface area contributed by atoms with Crippen LogP contribution < -0.4 is 5.32 Å². The van der Waals surface area contributed by atoms with E-state index in [0.29, 0.717) is 0 Å². The van der Waals surface area contributed by atoms with Crippen molar-refractivity contribution in [2.45, 2.75) is 116 Å². The fraction of sp³-hybridized carbons (Fsp3) is 0.714. The summed E-state index contributed by atoms with van der Waals surface area (Å²) in [5.74, 6) is -1.55. The molecule has 0 saturated heterocycles. The summed E-state index contributed by atoms with van der Waals surface area (Å²) in [6.07, 6.45) is 11.4. The van der Waals surface area contributed by atoms with Gasteiger partial charge in [0.2, 0.25) is 0 Å². The first kappa shape index (κ1) is 31.0. The zero-order valence-corrected chi connectivity index (χ0v) is 21.7. The van der Waals surface area contributed by atoms with E-state index in [1.165, 1.54) is 76.3 Å². The van der Waals surface area contributed by atoms with Crippen molar-refractivity contribution < 1.29 is 27.5 Å². The Morgan fingerprint density at radius 1 is 0.857 bits per heavy atom. The normalized spacial score (nSPS) is 12.5. The summed E-state index contributed by atoms with van der Waals surface area (Å²) in [5.41, 5.74) is -1.05. The van der Waals surface area contributed by atoms with Crippen LogP contribution in [0.2, 0.25) is 0 Å². The molecule has 1 aromatic rings. The standard InChI is InChI=1S/C28H44F3NO3/c1-4-5-6-7-8-9-10-11-12-13-14-15-16-20-35-27(34)25(22(2)3)32-26(33)23-18-17-19-24(21-23)28(29,30)31/h17-19,21-22,25H,4-16,20H2,1-3H3,(H,32,33). The van der Waals surface area contributed by atoms with Crippen molar-refractivity contribution in [3.05, 3.63) is 35.4 Å². The largest absolute Gasteiger partial charge is 0.464 e. The second kappa shape index (κ2) is 17.4. The Labute approximate surface area is 209 Å². The van der Waals surface area contributed by atoms with Gasteiger partial charge >= 0.3 is 12.1 Å². The number of hydrogen-bond acceptors (Lipinski definition) is 3. The highest BCUT2D eigenvalue weighted by Crippen LogP contribution is 2.29. The molecule has 1 unspecified atom stereocenters. The zero-order valence-electron chi connectivity index (χ0n) is 21.7. The lowest BCUT2D eigenvalue weighted by Crippen LogP contribution is -2.45. The number of rotatable bonds is 18. The number of carbonyl (C=O) groups excluding carboxylic acids is 2. The molecule has 0 spiro atoms. The smallest absolute Gasteiger partial charge is 0.416 e. The molecule has 1 amide bonds. The molecule has 4 nitrogen and oxygen atoms in total. The van der Waals surface area contributed by atoms with Crippen LogP contribution in [0.15, 0.2) is 24.3 Å². The van der Waals surface area contributed by atoms with Gasteiger partial charge in [-0.15, -0.1) is 0 Å². The van der Waals surface area contributed by atoms with Gasteiger partial charge in [0.1, 0.15) is 6.04 Å². The van der Waals surface area contributed by atoms with E-state index in [1.54, 1.807) is 13.8 Å². The minimum atomic E-state index is -4.54. The fourth-order valence-electron chi connectivity index (χ4n) is 3.94. The predicted octanol–water partition coefficient (Wildman–Crippen LogP) is 8.09. The minimum Gasteiger partial charge on any atom is -0.464 e. The monoisotopic (exact) mass is 499 g/mol. The van der Waals surface area contributed by atoms with E-state index in [4.69, 9.17) is 4.74 Å². The third kappa shape index (κ3) is 13.6. The van der Waals surface area contributed by atoms with Crippen LogP contribution in [-0.2, 0) is 15.7 Å². The van der Waals surface area contributed by atoms with Crippen molar-refractivity contribution in [1.29, 1.82) is 0 Å². The SMILES string of the molecule is CCCCCCCCCCCCCCCOC(=O)C(NC(=O)c1cccc(C(F)(F)F)c1)C(C)C. The number of esters is 1. The Morgan fingerprint density at radius 2 is 1.37 bits per heavy atom. The highest BCUT2D eigenvalue weighted by Gasteiger charge is 2.32. The lowest BCUT2D eigenvalue weighted by atomic mass is 10.0. The summed E-state index contributed by atoms with van der Waals surface area (Å²) in [6, 6.07) is 3.24. The molecule has 35 heavy (non-hydrogen) atoms. The van der Waals surface area contributed by atoms with E-state index in [9.17, 15) is 22.8 Å². The van der Waals surface area contributed by atoms with Gasteiger partial charge in [-0.2, -0.15) is 13.2 Å². The highest BCUT2D eigenvalue weighted by atomic mass is 19.4. The van der Waals surface area contributed by atoms with Crippen LogP contribution in [0, 0.1) is 5.92 Å². The van der Waals surface area contributed by atoms with Gasteiger partial charge in [0.25, 0.3) is 5.91 Å². The predicted molar refractivity (Wildman–Crippen MR) is 134 cm³/mol. The van der Waals surface area contributed by atoms with E-state index in [0.717, 1.165) is 31.4 Å². The van der Waals surface area contributed by atoms with Crippen LogP contribution in [0.25, 0.3) is 0 Å². The maximum Gasteiger partial charge on any atom is 0.416 e. The van der Waals surface area contributed by atoms with Crippen molar-refractivity contribution in [2.75, 3.05) is 6.61 Å². The second-order valence-electron chi connectivity index (χ2n) is 9.68. The summed E-state index contributed by atoms with van der Waals surface area (Å²) in [7, 11) is 0. The van der Waals surface area contributed by atoms with Crippen LogP contribution in [0.1, 0.15) is 120 Å². The first-order valence-electron chi connectivity index (χ1n) is 13.3. The minimum absolute atomic E-state index is 0.144. The molecule has 0 radical (unpaired) electrons. The average molecular weight is 500 g/mol. The maximum atomic E-state index is 12.9. The number of nitrogens with one attached hydrogen (secondary N) is 1. The lowest BCUT2D eigenvalue weighted by Gasteiger charge is -2.21. The van der Waals surface area contributed by atoms with E-state index >= 15 is 0 Å². The number of unbranched alkanes of at least 4 members (excludes halogenated alkanes) is 12. The molecule has 1 N–H and O–H groups in total. The van der Waals surface area contributed by atoms with E-state index in [-0.39, 0.29) is 18.1 Å². The molecule has 0 saturated carbocycles. The van der Waals surface area contributed by atoms with Gasteiger partial charge in [0.15, 0.2) is 0 Å². The fourth-order valence-corrected chi connectivity index (χ4v) is 3.94. The summed E-state index contributed by atoms with van der Waals surface area (Å²) in [4.78, 5) is 24.9. The van der Waals surface area contributed by atoms with Crippen molar-refractivity contribution in [3.63, 3.8) is 0 Å². The highest BCUT2D eigenvalue weighted by molar-refractivity contribution is 5.97. The van der Waals surface area contributed by atoms with Crippen LogP contribution in [0.5, 0.6) is 0 Å². The average Bonchev–Trinajstić information content (AvgIpc) is 2.81. The second-order valence-corrected chi connectivity index (χ2v) is 9.68. The Kier molecular flexibility index (Phi) is 15.4. The number of halogens is 3. The van der Waals surface area contributed by atoms with Gasteiger partial charge in [-0.05, 0) is 30.5 Å². The molecular formula is C28H44F3NO3. The van der Waals surface area contributed by atoms with Gasteiger partial charge in [-0.3, -0.25) is 4.79 Å². The van der Waals surface area contributed by atoms with Crippen LogP contribution in [0.4, 0.5) is 13.2 Å². The third-order valence-corrected chi connectivity index (χ3v) is 6.15. The van der Waals surface area contributed by atoms with Gasteiger partial charge in [0, 0.05) is 5.56 Å². The molecule has 0 aromatic heterocycles. The van der Waals surface area contributed by atoms with Crippen LogP contribution >= 0.6 is 0 Å². The first-order chi connectivity index (χ1) is 16.7. The molecule has 0 bridgehead atoms. The number of ether oxygens (including phenoxy) is 1.